The van der Waals surface area contributed by atoms with Crippen molar-refractivity contribution >= 4 is 35.6 Å². The van der Waals surface area contributed by atoms with Crippen LogP contribution in [-0.2, 0) is 4.74 Å². The predicted molar refractivity (Wildman–Crippen MR) is 122 cm³/mol. The highest BCUT2D eigenvalue weighted by Crippen LogP contribution is 2.22. The van der Waals surface area contributed by atoms with Gasteiger partial charge in [0.1, 0.15) is 0 Å². The molecule has 1 heterocycles. The Balaban J connectivity index is 0.00000338. The molecular formula is C20H35IN4O. The minimum atomic E-state index is 0. The predicted octanol–water partition coefficient (Wildman–Crippen LogP) is 3.50. The van der Waals surface area contributed by atoms with Gasteiger partial charge in [0.25, 0.3) is 0 Å². The van der Waals surface area contributed by atoms with Crippen LogP contribution in [0.5, 0.6) is 0 Å². The van der Waals surface area contributed by atoms with Gasteiger partial charge in [0, 0.05) is 38.5 Å². The average Bonchev–Trinajstić information content (AvgIpc) is 3.03. The van der Waals surface area contributed by atoms with Crippen molar-refractivity contribution in [2.45, 2.75) is 46.3 Å². The van der Waals surface area contributed by atoms with Gasteiger partial charge in [0.05, 0.1) is 12.6 Å². The van der Waals surface area contributed by atoms with Crippen molar-refractivity contribution in [3.8, 4) is 0 Å². The largest absolute Gasteiger partial charge is 0.379 e. The third-order valence-electron chi connectivity index (χ3n) is 4.66. The van der Waals surface area contributed by atoms with Crippen LogP contribution in [0.2, 0.25) is 0 Å². The molecule has 0 aromatic heterocycles. The lowest BCUT2D eigenvalue weighted by Gasteiger charge is -2.28. The molecule has 0 spiro atoms. The number of aliphatic imine (C=N–C) groups is 1. The lowest BCUT2D eigenvalue weighted by atomic mass is 9.89. The van der Waals surface area contributed by atoms with Gasteiger partial charge in [0.15, 0.2) is 5.96 Å². The van der Waals surface area contributed by atoms with Crippen molar-refractivity contribution < 1.29 is 4.74 Å². The molecule has 1 aliphatic rings. The third-order valence-corrected chi connectivity index (χ3v) is 4.66. The van der Waals surface area contributed by atoms with E-state index in [2.05, 4.69) is 73.6 Å². The first-order valence-corrected chi connectivity index (χ1v) is 9.31. The van der Waals surface area contributed by atoms with Crippen LogP contribution < -0.4 is 15.5 Å². The Hall–Kier alpha value is -1.02. The van der Waals surface area contributed by atoms with E-state index in [1.165, 1.54) is 5.69 Å². The fourth-order valence-electron chi connectivity index (χ4n) is 3.14. The van der Waals surface area contributed by atoms with Crippen LogP contribution >= 0.6 is 24.0 Å². The summed E-state index contributed by atoms with van der Waals surface area (Å²) in [6.07, 6.45) is 1.22. The Morgan fingerprint density at radius 1 is 1.31 bits per heavy atom. The van der Waals surface area contributed by atoms with E-state index >= 15 is 0 Å². The fourth-order valence-corrected chi connectivity index (χ4v) is 3.14. The number of para-hydroxylation sites is 1. The van der Waals surface area contributed by atoms with Crippen LogP contribution in [0.25, 0.3) is 0 Å². The quantitative estimate of drug-likeness (QED) is 0.377. The van der Waals surface area contributed by atoms with Crippen LogP contribution in [0.1, 0.15) is 34.1 Å². The molecule has 0 amide bonds. The number of halogens is 1. The van der Waals surface area contributed by atoms with Gasteiger partial charge in [-0.25, -0.2) is 0 Å². The van der Waals surface area contributed by atoms with Crippen molar-refractivity contribution in [2.75, 3.05) is 38.2 Å². The SMILES string of the molecule is CCNC(=NCC(OC)C(C)(C)C)NC1CCN(c2ccccc2)C1.I. The highest BCUT2D eigenvalue weighted by Gasteiger charge is 2.25. The van der Waals surface area contributed by atoms with Gasteiger partial charge < -0.3 is 20.3 Å². The smallest absolute Gasteiger partial charge is 0.191 e. The van der Waals surface area contributed by atoms with E-state index in [4.69, 9.17) is 9.73 Å². The standard InChI is InChI=1S/C20H34N4O.HI/c1-6-21-19(22-14-18(25-5)20(2,3)4)23-16-12-13-24(15-16)17-10-8-7-9-11-17;/h7-11,16,18H,6,12-15H2,1-5H3,(H2,21,22,23);1H. The van der Waals surface area contributed by atoms with Gasteiger partial charge in [-0.3, -0.25) is 4.99 Å². The monoisotopic (exact) mass is 474 g/mol. The summed E-state index contributed by atoms with van der Waals surface area (Å²) in [5, 5.41) is 6.95. The number of nitrogens with one attached hydrogen (secondary N) is 2. The Kier molecular flexibility index (Phi) is 9.71. The Morgan fingerprint density at radius 2 is 2.00 bits per heavy atom. The van der Waals surface area contributed by atoms with E-state index in [0.717, 1.165) is 32.0 Å². The second-order valence-electron chi connectivity index (χ2n) is 7.72. The van der Waals surface area contributed by atoms with E-state index in [1.807, 2.05) is 0 Å². The van der Waals surface area contributed by atoms with Gasteiger partial charge in [0.2, 0.25) is 0 Å². The maximum Gasteiger partial charge on any atom is 0.191 e. The Labute approximate surface area is 176 Å². The summed E-state index contributed by atoms with van der Waals surface area (Å²) in [5.74, 6) is 0.883. The molecule has 26 heavy (non-hydrogen) atoms. The first-order valence-electron chi connectivity index (χ1n) is 9.31. The summed E-state index contributed by atoms with van der Waals surface area (Å²) in [5.41, 5.74) is 1.37. The molecule has 5 nitrogen and oxygen atoms in total. The summed E-state index contributed by atoms with van der Waals surface area (Å²) < 4.78 is 5.62. The van der Waals surface area contributed by atoms with Crippen molar-refractivity contribution in [3.05, 3.63) is 30.3 Å². The number of nitrogens with zero attached hydrogens (tertiary/aromatic N) is 2. The third kappa shape index (κ3) is 6.95. The molecule has 148 valence electrons. The maximum atomic E-state index is 5.62. The van der Waals surface area contributed by atoms with Crippen molar-refractivity contribution in [1.82, 2.24) is 10.6 Å². The van der Waals surface area contributed by atoms with Gasteiger partial charge in [-0.2, -0.15) is 0 Å². The van der Waals surface area contributed by atoms with Crippen molar-refractivity contribution in [3.63, 3.8) is 0 Å². The molecule has 1 fully saturated rings. The van der Waals surface area contributed by atoms with Crippen molar-refractivity contribution in [1.29, 1.82) is 0 Å². The topological polar surface area (TPSA) is 48.9 Å². The van der Waals surface area contributed by atoms with Crippen molar-refractivity contribution in [2.24, 2.45) is 10.4 Å². The molecule has 1 saturated heterocycles. The van der Waals surface area contributed by atoms with E-state index in [-0.39, 0.29) is 35.5 Å². The second kappa shape index (κ2) is 11.0. The number of anilines is 1. The summed E-state index contributed by atoms with van der Waals surface area (Å²) in [6, 6.07) is 11.0. The Morgan fingerprint density at radius 3 is 2.58 bits per heavy atom. The number of guanidine groups is 1. The molecule has 1 aliphatic heterocycles. The minimum absolute atomic E-state index is 0. The lowest BCUT2D eigenvalue weighted by molar-refractivity contribution is 0.0241. The van der Waals surface area contributed by atoms with E-state index in [9.17, 15) is 0 Å². The molecule has 0 aliphatic carbocycles. The molecule has 0 saturated carbocycles. The van der Waals surface area contributed by atoms with Gasteiger partial charge in [-0.05, 0) is 30.9 Å². The highest BCUT2D eigenvalue weighted by molar-refractivity contribution is 14.0. The molecule has 1 aromatic rings. The molecule has 2 rings (SSSR count). The molecule has 1 aromatic carbocycles. The zero-order chi connectivity index (χ0) is 18.3. The molecular weight excluding hydrogens is 439 g/mol. The molecule has 0 radical (unpaired) electrons. The zero-order valence-electron chi connectivity index (χ0n) is 16.8. The van der Waals surface area contributed by atoms with Gasteiger partial charge in [-0.1, -0.05) is 39.0 Å². The summed E-state index contributed by atoms with van der Waals surface area (Å²) in [4.78, 5) is 7.19. The van der Waals surface area contributed by atoms with Crippen LogP contribution in [0, 0.1) is 5.41 Å². The van der Waals surface area contributed by atoms with E-state index in [1.54, 1.807) is 7.11 Å². The van der Waals surface area contributed by atoms with E-state index in [0.29, 0.717) is 12.6 Å². The molecule has 0 bridgehead atoms. The lowest BCUT2D eigenvalue weighted by Crippen LogP contribution is -2.45. The number of hydrogen-bond acceptors (Lipinski definition) is 3. The molecule has 6 heteroatoms. The van der Waals surface area contributed by atoms with Crippen LogP contribution in [0.15, 0.2) is 35.3 Å². The van der Waals surface area contributed by atoms with E-state index < -0.39 is 0 Å². The Bertz CT molecular complexity index is 544. The number of ether oxygens (including phenoxy) is 1. The summed E-state index contributed by atoms with van der Waals surface area (Å²) >= 11 is 0. The number of methoxy groups -OCH3 is 1. The number of hydrogen-bond donors (Lipinski definition) is 2. The number of rotatable bonds is 6. The average molecular weight is 474 g/mol. The van der Waals surface area contributed by atoms with Crippen LogP contribution in [0.4, 0.5) is 5.69 Å². The first-order chi connectivity index (χ1) is 11.9. The normalized spacial score (nSPS) is 19.0. The fraction of sp³-hybridized carbons (Fsp3) is 0.650. The summed E-state index contributed by atoms with van der Waals surface area (Å²) in [7, 11) is 1.76. The number of benzene rings is 1. The highest BCUT2D eigenvalue weighted by atomic mass is 127. The first kappa shape index (κ1) is 23.0. The summed E-state index contributed by atoms with van der Waals surface area (Å²) in [6.45, 7) is 12.2. The zero-order valence-corrected chi connectivity index (χ0v) is 19.1. The van der Waals surface area contributed by atoms with Crippen LogP contribution in [0.3, 0.4) is 0 Å². The molecule has 2 unspecified atom stereocenters. The molecule has 2 N–H and O–H groups in total. The van der Waals surface area contributed by atoms with Gasteiger partial charge >= 0.3 is 0 Å². The molecule has 2 atom stereocenters. The van der Waals surface area contributed by atoms with Crippen LogP contribution in [-0.4, -0.2) is 51.4 Å². The minimum Gasteiger partial charge on any atom is -0.379 e. The second-order valence-corrected chi connectivity index (χ2v) is 7.72. The maximum absolute atomic E-state index is 5.62. The van der Waals surface area contributed by atoms with Gasteiger partial charge in [-0.15, -0.1) is 24.0 Å².